The zero-order chi connectivity index (χ0) is 24.2. The third-order valence-corrected chi connectivity index (χ3v) is 6.30. The first-order chi connectivity index (χ1) is 16.3. The lowest BCUT2D eigenvalue weighted by Crippen LogP contribution is -2.51. The molecule has 1 aliphatic heterocycles. The molecule has 0 bridgehead atoms. The van der Waals surface area contributed by atoms with E-state index in [1.165, 1.54) is 4.90 Å². The predicted molar refractivity (Wildman–Crippen MR) is 128 cm³/mol. The molecular weight excluding hydrogens is 456 g/mol. The van der Waals surface area contributed by atoms with Crippen molar-refractivity contribution in [3.63, 3.8) is 0 Å². The fourth-order valence-corrected chi connectivity index (χ4v) is 4.19. The maximum atomic E-state index is 12.7. The number of benzene rings is 3. The van der Waals surface area contributed by atoms with Gasteiger partial charge in [0, 0.05) is 13.1 Å². The maximum absolute atomic E-state index is 12.7. The summed E-state index contributed by atoms with van der Waals surface area (Å²) in [4.78, 5) is 26.6. The molecule has 3 atom stereocenters. The molecule has 0 fully saturated rings. The summed E-state index contributed by atoms with van der Waals surface area (Å²) in [6, 6.07) is 21.5. The average Bonchev–Trinajstić information content (AvgIpc) is 2.87. The number of hydrogen-bond acceptors (Lipinski definition) is 5. The molecule has 1 aliphatic rings. The van der Waals surface area contributed by atoms with Crippen LogP contribution in [0.2, 0.25) is 0 Å². The van der Waals surface area contributed by atoms with Crippen LogP contribution in [0.1, 0.15) is 22.2 Å². The molecule has 0 radical (unpaired) electrons. The van der Waals surface area contributed by atoms with Gasteiger partial charge in [-0.1, -0.05) is 72.3 Å². The summed E-state index contributed by atoms with van der Waals surface area (Å²) in [6.45, 7) is 0.707. The van der Waals surface area contributed by atoms with Gasteiger partial charge in [0.2, 0.25) is 0 Å². The van der Waals surface area contributed by atoms with Crippen LogP contribution in [-0.4, -0.2) is 50.8 Å². The van der Waals surface area contributed by atoms with Crippen molar-refractivity contribution >= 4 is 23.4 Å². The molecule has 3 aromatic carbocycles. The second-order valence-corrected chi connectivity index (χ2v) is 8.64. The number of aliphatic hydroxyl groups excluding tert-OH is 2. The number of nitrogens with one attached hydrogen (secondary N) is 1. The fraction of sp³-hybridized carbons (Fsp3) is 0.231. The van der Waals surface area contributed by atoms with Crippen molar-refractivity contribution in [1.82, 2.24) is 10.2 Å². The van der Waals surface area contributed by atoms with Crippen molar-refractivity contribution in [2.24, 2.45) is 0 Å². The molecule has 0 aliphatic carbocycles. The monoisotopic (exact) mass is 480 g/mol. The number of aliphatic hydroxyl groups is 2. The second-order valence-electron chi connectivity index (χ2n) is 8.21. The van der Waals surface area contributed by atoms with Crippen molar-refractivity contribution in [3.05, 3.63) is 89.5 Å². The van der Waals surface area contributed by atoms with Crippen LogP contribution in [0.15, 0.2) is 72.8 Å². The largest absolute Gasteiger partial charge is 0.508 e. The minimum Gasteiger partial charge on any atom is -0.508 e. The minimum atomic E-state index is -1.96. The Hall–Kier alpha value is -3.39. The number of aromatic hydroxyl groups is 1. The zero-order valence-corrected chi connectivity index (χ0v) is 19.0. The van der Waals surface area contributed by atoms with Crippen LogP contribution in [-0.2, 0) is 22.6 Å². The summed E-state index contributed by atoms with van der Waals surface area (Å²) in [7, 11) is 0. The van der Waals surface area contributed by atoms with Gasteiger partial charge in [0.05, 0.1) is 0 Å². The van der Waals surface area contributed by atoms with Crippen molar-refractivity contribution in [2.45, 2.75) is 30.7 Å². The highest BCUT2D eigenvalue weighted by atomic mass is 35.5. The first-order valence-corrected chi connectivity index (χ1v) is 11.3. The van der Waals surface area contributed by atoms with Gasteiger partial charge in [-0.25, -0.2) is 0 Å². The summed E-state index contributed by atoms with van der Waals surface area (Å²) < 4.78 is 0. The Morgan fingerprint density at radius 3 is 2.09 bits per heavy atom. The molecule has 8 heteroatoms. The summed E-state index contributed by atoms with van der Waals surface area (Å²) in [5, 5.41) is 32.5. The van der Waals surface area contributed by atoms with E-state index in [2.05, 4.69) is 5.32 Å². The van der Waals surface area contributed by atoms with Gasteiger partial charge in [-0.05, 0) is 46.4 Å². The van der Waals surface area contributed by atoms with Gasteiger partial charge in [-0.2, -0.15) is 0 Å². The second kappa shape index (κ2) is 10.3. The molecule has 0 saturated heterocycles. The molecule has 7 nitrogen and oxygen atoms in total. The summed E-state index contributed by atoms with van der Waals surface area (Å²) in [6.07, 6.45) is -3.21. The quantitative estimate of drug-likeness (QED) is 0.320. The SMILES string of the molecule is O=C(N[C@@H](Cl)c1ccc(-c2ccc(O)cc2)cc1)[C@H](O)[C@@H](O)C(=O)N1CCc2ccccc2C1. The van der Waals surface area contributed by atoms with E-state index in [9.17, 15) is 24.9 Å². The Labute approximate surface area is 202 Å². The van der Waals surface area contributed by atoms with Crippen LogP contribution >= 0.6 is 11.6 Å². The maximum Gasteiger partial charge on any atom is 0.255 e. The molecular formula is C26H25ClN2O5. The first kappa shape index (κ1) is 23.8. The van der Waals surface area contributed by atoms with Crippen LogP contribution in [0.5, 0.6) is 5.75 Å². The van der Waals surface area contributed by atoms with Crippen molar-refractivity contribution < 1.29 is 24.9 Å². The Kier molecular flexibility index (Phi) is 7.17. The summed E-state index contributed by atoms with van der Waals surface area (Å²) in [5.74, 6) is -1.48. The highest BCUT2D eigenvalue weighted by molar-refractivity contribution is 6.21. The van der Waals surface area contributed by atoms with Crippen LogP contribution < -0.4 is 5.32 Å². The molecule has 1 heterocycles. The third kappa shape index (κ3) is 5.22. The molecule has 0 unspecified atom stereocenters. The lowest BCUT2D eigenvalue weighted by molar-refractivity contribution is -0.153. The van der Waals surface area contributed by atoms with E-state index in [-0.39, 0.29) is 5.75 Å². The normalized spacial score (nSPS) is 15.7. The number of carbonyl (C=O) groups is 2. The van der Waals surface area contributed by atoms with E-state index in [4.69, 9.17) is 11.6 Å². The van der Waals surface area contributed by atoms with Crippen LogP contribution in [0, 0.1) is 0 Å². The molecule has 0 aromatic heterocycles. The van der Waals surface area contributed by atoms with E-state index >= 15 is 0 Å². The number of fused-ring (bicyclic) bond motifs is 1. The van der Waals surface area contributed by atoms with E-state index in [1.807, 2.05) is 36.4 Å². The molecule has 176 valence electrons. The smallest absolute Gasteiger partial charge is 0.255 e. The van der Waals surface area contributed by atoms with Crippen molar-refractivity contribution in [1.29, 1.82) is 0 Å². The van der Waals surface area contributed by atoms with Gasteiger partial charge >= 0.3 is 0 Å². The number of phenolic OH excluding ortho intramolecular Hbond substituents is 1. The van der Waals surface area contributed by atoms with E-state index in [0.717, 1.165) is 22.3 Å². The van der Waals surface area contributed by atoms with E-state index in [0.29, 0.717) is 25.1 Å². The number of carbonyl (C=O) groups excluding carboxylic acids is 2. The molecule has 4 rings (SSSR count). The Morgan fingerprint density at radius 2 is 1.44 bits per heavy atom. The van der Waals surface area contributed by atoms with Crippen LogP contribution in [0.3, 0.4) is 0 Å². The average molecular weight is 481 g/mol. The van der Waals surface area contributed by atoms with Crippen molar-refractivity contribution in [2.75, 3.05) is 6.54 Å². The number of rotatable bonds is 6. The van der Waals surface area contributed by atoms with Gasteiger partial charge in [0.15, 0.2) is 12.2 Å². The number of hydrogen-bond donors (Lipinski definition) is 4. The predicted octanol–water partition coefficient (Wildman–Crippen LogP) is 2.72. The van der Waals surface area contributed by atoms with Gasteiger partial charge in [-0.15, -0.1) is 0 Å². The first-order valence-electron chi connectivity index (χ1n) is 10.9. The van der Waals surface area contributed by atoms with E-state index < -0.39 is 29.5 Å². The minimum absolute atomic E-state index is 0.174. The number of halogens is 1. The number of nitrogens with zero attached hydrogens (tertiary/aromatic N) is 1. The topological polar surface area (TPSA) is 110 Å². The standard InChI is InChI=1S/C26H25ClN2O5/c27-24(19-7-5-17(6-8-19)18-9-11-21(30)12-10-18)28-25(33)22(31)23(32)26(34)29-14-13-16-3-1-2-4-20(16)15-29/h1-12,22-24,30-32H,13-15H2,(H,28,33)/t22-,23-,24-/m1/s1. The molecule has 4 N–H and O–H groups in total. The lowest BCUT2D eigenvalue weighted by atomic mass is 9.99. The molecule has 0 saturated carbocycles. The third-order valence-electron chi connectivity index (χ3n) is 5.94. The zero-order valence-electron chi connectivity index (χ0n) is 18.3. The number of amides is 2. The number of alkyl halides is 1. The molecule has 34 heavy (non-hydrogen) atoms. The van der Waals surface area contributed by atoms with E-state index in [1.54, 1.807) is 36.4 Å². The highest BCUT2D eigenvalue weighted by Crippen LogP contribution is 2.25. The Bertz CT molecular complexity index is 1170. The molecule has 0 spiro atoms. The molecule has 2 amide bonds. The summed E-state index contributed by atoms with van der Waals surface area (Å²) >= 11 is 6.30. The molecule has 3 aromatic rings. The highest BCUT2D eigenvalue weighted by Gasteiger charge is 2.35. The van der Waals surface area contributed by atoms with Gasteiger partial charge < -0.3 is 25.5 Å². The van der Waals surface area contributed by atoms with Crippen LogP contribution in [0.4, 0.5) is 0 Å². The van der Waals surface area contributed by atoms with Gasteiger partial charge in [0.1, 0.15) is 11.3 Å². The van der Waals surface area contributed by atoms with Gasteiger partial charge in [0.25, 0.3) is 11.8 Å². The van der Waals surface area contributed by atoms with Gasteiger partial charge in [-0.3, -0.25) is 9.59 Å². The Balaban J connectivity index is 1.35. The van der Waals surface area contributed by atoms with Crippen LogP contribution in [0.25, 0.3) is 11.1 Å². The lowest BCUT2D eigenvalue weighted by Gasteiger charge is -2.31. The van der Waals surface area contributed by atoms with Crippen molar-refractivity contribution in [3.8, 4) is 16.9 Å². The Morgan fingerprint density at radius 1 is 0.853 bits per heavy atom. The number of phenols is 1. The summed E-state index contributed by atoms with van der Waals surface area (Å²) in [5.41, 5.74) is 3.50. The fourth-order valence-electron chi connectivity index (χ4n) is 3.94.